The average molecular weight is 260 g/mol. The highest BCUT2D eigenvalue weighted by atomic mass is 15.1. The van der Waals surface area contributed by atoms with Crippen molar-refractivity contribution in [2.24, 2.45) is 0 Å². The zero-order chi connectivity index (χ0) is 13.7. The van der Waals surface area contributed by atoms with Gasteiger partial charge in [0, 0.05) is 37.4 Å². The van der Waals surface area contributed by atoms with Crippen LogP contribution in [0.15, 0.2) is 18.7 Å². The van der Waals surface area contributed by atoms with Crippen LogP contribution in [0.25, 0.3) is 0 Å². The number of hydrogen-bond donors (Lipinski definition) is 1. The third kappa shape index (κ3) is 4.31. The summed E-state index contributed by atoms with van der Waals surface area (Å²) in [6.45, 7) is 11.2. The van der Waals surface area contributed by atoms with E-state index in [4.69, 9.17) is 0 Å². The molecule has 104 valence electrons. The summed E-state index contributed by atoms with van der Waals surface area (Å²) in [5.74, 6) is 1.81. The highest BCUT2D eigenvalue weighted by molar-refractivity contribution is 5.36. The van der Waals surface area contributed by atoms with Gasteiger partial charge in [-0.05, 0) is 33.1 Å². The first kappa shape index (κ1) is 14.0. The molecular weight excluding hydrogens is 236 g/mol. The first-order valence-corrected chi connectivity index (χ1v) is 7.09. The lowest BCUT2D eigenvalue weighted by atomic mass is 10.0. The largest absolute Gasteiger partial charge is 0.367 e. The second-order valence-corrected chi connectivity index (χ2v) is 5.28. The lowest BCUT2D eigenvalue weighted by Crippen LogP contribution is -2.39. The van der Waals surface area contributed by atoms with Crippen molar-refractivity contribution in [3.05, 3.63) is 30.2 Å². The average Bonchev–Trinajstić information content (AvgIpc) is 2.37. The normalized spacial score (nSPS) is 17.4. The van der Waals surface area contributed by atoms with Gasteiger partial charge in [0.05, 0.1) is 0 Å². The monoisotopic (exact) mass is 260 g/mol. The summed E-state index contributed by atoms with van der Waals surface area (Å²) in [6, 6.07) is 2.56. The zero-order valence-electron chi connectivity index (χ0n) is 12.0. The molecule has 1 aliphatic rings. The van der Waals surface area contributed by atoms with Gasteiger partial charge in [0.2, 0.25) is 0 Å². The van der Waals surface area contributed by atoms with Crippen LogP contribution in [0, 0.1) is 13.8 Å². The molecule has 1 aliphatic heterocycles. The number of rotatable bonds is 5. The Balaban J connectivity index is 1.83. The molecule has 0 aromatic carbocycles. The molecule has 1 saturated heterocycles. The molecule has 0 aliphatic carbocycles. The second kappa shape index (κ2) is 6.66. The number of likely N-dealkylation sites (tertiary alicyclic amines) is 1. The van der Waals surface area contributed by atoms with E-state index >= 15 is 0 Å². The van der Waals surface area contributed by atoms with Crippen LogP contribution in [0.4, 0.5) is 5.82 Å². The van der Waals surface area contributed by atoms with Crippen LogP contribution in [0.5, 0.6) is 0 Å². The third-order valence-corrected chi connectivity index (χ3v) is 3.56. The van der Waals surface area contributed by atoms with E-state index in [1.165, 1.54) is 12.8 Å². The number of nitrogens with one attached hydrogen (secondary N) is 1. The number of aromatic nitrogens is 2. The van der Waals surface area contributed by atoms with Gasteiger partial charge in [0.25, 0.3) is 0 Å². The SMILES string of the molecule is C=CCCN1CCC(Nc2cc(C)nc(C)n2)CC1. The Labute approximate surface area is 115 Å². The Morgan fingerprint density at radius 2 is 2.11 bits per heavy atom. The smallest absolute Gasteiger partial charge is 0.130 e. The first-order valence-electron chi connectivity index (χ1n) is 7.09. The zero-order valence-corrected chi connectivity index (χ0v) is 12.0. The molecule has 0 unspecified atom stereocenters. The van der Waals surface area contributed by atoms with Crippen molar-refractivity contribution >= 4 is 5.82 Å². The number of hydrogen-bond acceptors (Lipinski definition) is 4. The summed E-state index contributed by atoms with van der Waals surface area (Å²) < 4.78 is 0. The van der Waals surface area contributed by atoms with Crippen LogP contribution in [0.2, 0.25) is 0 Å². The molecule has 0 radical (unpaired) electrons. The van der Waals surface area contributed by atoms with Gasteiger partial charge in [-0.15, -0.1) is 6.58 Å². The summed E-state index contributed by atoms with van der Waals surface area (Å²) in [7, 11) is 0. The lowest BCUT2D eigenvalue weighted by Gasteiger charge is -2.32. The Morgan fingerprint density at radius 1 is 1.37 bits per heavy atom. The van der Waals surface area contributed by atoms with E-state index in [9.17, 15) is 0 Å². The van der Waals surface area contributed by atoms with Gasteiger partial charge in [0.15, 0.2) is 0 Å². The van der Waals surface area contributed by atoms with E-state index in [-0.39, 0.29) is 0 Å². The molecule has 4 heteroatoms. The fraction of sp³-hybridized carbons (Fsp3) is 0.600. The van der Waals surface area contributed by atoms with Gasteiger partial charge in [-0.2, -0.15) is 0 Å². The molecule has 1 aromatic heterocycles. The van der Waals surface area contributed by atoms with Crippen LogP contribution >= 0.6 is 0 Å². The van der Waals surface area contributed by atoms with Crippen molar-refractivity contribution in [3.8, 4) is 0 Å². The van der Waals surface area contributed by atoms with Crippen LogP contribution in [0.3, 0.4) is 0 Å². The topological polar surface area (TPSA) is 41.0 Å². The molecule has 1 aromatic rings. The molecule has 4 nitrogen and oxygen atoms in total. The minimum Gasteiger partial charge on any atom is -0.367 e. The van der Waals surface area contributed by atoms with Crippen molar-refractivity contribution in [2.75, 3.05) is 25.0 Å². The predicted molar refractivity (Wildman–Crippen MR) is 79.4 cm³/mol. The molecule has 0 bridgehead atoms. The van der Waals surface area contributed by atoms with Crippen molar-refractivity contribution in [3.63, 3.8) is 0 Å². The van der Waals surface area contributed by atoms with Crippen LogP contribution in [-0.4, -0.2) is 40.5 Å². The molecule has 0 atom stereocenters. The van der Waals surface area contributed by atoms with Gasteiger partial charge >= 0.3 is 0 Å². The number of anilines is 1. The van der Waals surface area contributed by atoms with Crippen LogP contribution < -0.4 is 5.32 Å². The maximum absolute atomic E-state index is 4.45. The molecule has 2 heterocycles. The first-order chi connectivity index (χ1) is 9.17. The Hall–Kier alpha value is -1.42. The second-order valence-electron chi connectivity index (χ2n) is 5.28. The lowest BCUT2D eigenvalue weighted by molar-refractivity contribution is 0.222. The fourth-order valence-electron chi connectivity index (χ4n) is 2.57. The van der Waals surface area contributed by atoms with E-state index < -0.39 is 0 Å². The summed E-state index contributed by atoms with van der Waals surface area (Å²) in [5, 5.41) is 3.54. The quantitative estimate of drug-likeness (QED) is 0.826. The molecule has 0 saturated carbocycles. The summed E-state index contributed by atoms with van der Waals surface area (Å²) >= 11 is 0. The standard InChI is InChI=1S/C15H24N4/c1-4-5-8-19-9-6-14(7-10-19)18-15-11-12(2)16-13(3)17-15/h4,11,14H,1,5-10H2,2-3H3,(H,16,17,18). The Bertz CT molecular complexity index is 402. The minimum absolute atomic E-state index is 0.536. The van der Waals surface area contributed by atoms with Gasteiger partial charge < -0.3 is 10.2 Å². The van der Waals surface area contributed by atoms with Crippen LogP contribution in [0.1, 0.15) is 30.8 Å². The number of nitrogens with zero attached hydrogens (tertiary/aromatic N) is 3. The molecule has 0 amide bonds. The van der Waals surface area contributed by atoms with Crippen molar-refractivity contribution < 1.29 is 0 Å². The summed E-state index contributed by atoms with van der Waals surface area (Å²) in [6.07, 6.45) is 5.44. The molecule has 1 N–H and O–H groups in total. The highest BCUT2D eigenvalue weighted by Gasteiger charge is 2.18. The van der Waals surface area contributed by atoms with Gasteiger partial charge in [-0.1, -0.05) is 6.08 Å². The Morgan fingerprint density at radius 3 is 2.74 bits per heavy atom. The molecule has 0 spiro atoms. The third-order valence-electron chi connectivity index (χ3n) is 3.56. The Kier molecular flexibility index (Phi) is 4.91. The molecule has 1 fully saturated rings. The highest BCUT2D eigenvalue weighted by Crippen LogP contribution is 2.16. The van der Waals surface area contributed by atoms with E-state index in [1.54, 1.807) is 0 Å². The van der Waals surface area contributed by atoms with E-state index in [0.29, 0.717) is 6.04 Å². The molecule has 19 heavy (non-hydrogen) atoms. The number of piperidine rings is 1. The maximum atomic E-state index is 4.45. The van der Waals surface area contributed by atoms with Gasteiger partial charge in [-0.25, -0.2) is 9.97 Å². The predicted octanol–water partition coefficient (Wildman–Crippen LogP) is 2.55. The van der Waals surface area contributed by atoms with E-state index in [2.05, 4.69) is 26.8 Å². The van der Waals surface area contributed by atoms with E-state index in [1.807, 2.05) is 26.0 Å². The van der Waals surface area contributed by atoms with Gasteiger partial charge in [-0.3, -0.25) is 0 Å². The summed E-state index contributed by atoms with van der Waals surface area (Å²) in [5.41, 5.74) is 1.03. The number of aryl methyl sites for hydroxylation is 2. The molecule has 2 rings (SSSR count). The van der Waals surface area contributed by atoms with Crippen molar-refractivity contribution in [1.82, 2.24) is 14.9 Å². The fourth-order valence-corrected chi connectivity index (χ4v) is 2.57. The van der Waals surface area contributed by atoms with Crippen molar-refractivity contribution in [2.45, 2.75) is 39.2 Å². The van der Waals surface area contributed by atoms with Crippen molar-refractivity contribution in [1.29, 1.82) is 0 Å². The molecular formula is C15H24N4. The minimum atomic E-state index is 0.536. The summed E-state index contributed by atoms with van der Waals surface area (Å²) in [4.78, 5) is 11.3. The van der Waals surface area contributed by atoms with Crippen LogP contribution in [-0.2, 0) is 0 Å². The maximum Gasteiger partial charge on any atom is 0.130 e. The van der Waals surface area contributed by atoms with E-state index in [0.717, 1.165) is 43.4 Å². The van der Waals surface area contributed by atoms with Gasteiger partial charge in [0.1, 0.15) is 11.6 Å².